The fourth-order valence-electron chi connectivity index (χ4n) is 1.85. The van der Waals surface area contributed by atoms with Gasteiger partial charge in [0.15, 0.2) is 0 Å². The van der Waals surface area contributed by atoms with Gasteiger partial charge in [-0.3, -0.25) is 0 Å². The maximum Gasteiger partial charge on any atom is 0.282 e. The molecule has 0 aliphatic heterocycles. The Morgan fingerprint density at radius 1 is 1.00 bits per heavy atom. The van der Waals surface area contributed by atoms with Gasteiger partial charge in [0.05, 0.1) is 13.0 Å². The molecule has 0 spiro atoms. The van der Waals surface area contributed by atoms with Crippen molar-refractivity contribution in [2.75, 3.05) is 19.8 Å². The molecule has 0 aromatic rings. The first-order chi connectivity index (χ1) is 7.06. The molecular formula is C11H26FNO2Si. The third kappa shape index (κ3) is 3.80. The summed E-state index contributed by atoms with van der Waals surface area (Å²) >= 11 is 0. The quantitative estimate of drug-likeness (QED) is 0.354. The Bertz CT molecular complexity index is 197. The fraction of sp³-hybridized carbons (Fsp3) is 1.00. The lowest BCUT2D eigenvalue weighted by Gasteiger charge is -2.44. The summed E-state index contributed by atoms with van der Waals surface area (Å²) in [5.74, 6) is 0. The third-order valence-corrected chi connectivity index (χ3v) is 8.32. The first-order valence-corrected chi connectivity index (χ1v) is 7.69. The summed E-state index contributed by atoms with van der Waals surface area (Å²) in [4.78, 5) is 0. The number of hydrogen-bond acceptors (Lipinski definition) is 3. The van der Waals surface area contributed by atoms with Crippen molar-refractivity contribution in [3.63, 3.8) is 0 Å². The van der Waals surface area contributed by atoms with Crippen molar-refractivity contribution in [1.29, 1.82) is 0 Å². The molecule has 0 unspecified atom stereocenters. The van der Waals surface area contributed by atoms with Gasteiger partial charge in [0.25, 0.3) is 8.41 Å². The largest absolute Gasteiger partial charge is 0.356 e. The molecule has 0 aliphatic rings. The minimum atomic E-state index is -3.05. The van der Waals surface area contributed by atoms with Crippen molar-refractivity contribution in [3.05, 3.63) is 0 Å². The summed E-state index contributed by atoms with van der Waals surface area (Å²) in [6.07, 6.45) is 0.153. The summed E-state index contributed by atoms with van der Waals surface area (Å²) in [6.45, 7) is 11.8. The molecule has 16 heavy (non-hydrogen) atoms. The molecule has 3 nitrogen and oxygen atoms in total. The average Bonchev–Trinajstić information content (AvgIpc) is 2.08. The van der Waals surface area contributed by atoms with Crippen molar-refractivity contribution in [1.82, 2.24) is 0 Å². The number of nitrogens with two attached hydrogens (primary N) is 1. The second-order valence-corrected chi connectivity index (χ2v) is 11.0. The predicted octanol–water partition coefficient (Wildman–Crippen LogP) is 2.95. The lowest BCUT2D eigenvalue weighted by atomic mass is 10.2. The summed E-state index contributed by atoms with van der Waals surface area (Å²) in [6, 6.07) is 0. The number of ether oxygens (including phenoxy) is 2. The lowest BCUT2D eigenvalue weighted by molar-refractivity contribution is -0.0405. The van der Waals surface area contributed by atoms with Crippen molar-refractivity contribution >= 4 is 8.41 Å². The lowest BCUT2D eigenvalue weighted by Crippen LogP contribution is -2.52. The molecule has 0 aromatic carbocycles. The second-order valence-electron chi connectivity index (χ2n) is 6.14. The Kier molecular flexibility index (Phi) is 5.59. The van der Waals surface area contributed by atoms with E-state index in [4.69, 9.17) is 15.2 Å². The highest BCUT2D eigenvalue weighted by atomic mass is 28.4. The van der Waals surface area contributed by atoms with Crippen LogP contribution in [0.25, 0.3) is 0 Å². The molecule has 2 N–H and O–H groups in total. The topological polar surface area (TPSA) is 44.5 Å². The van der Waals surface area contributed by atoms with Crippen LogP contribution >= 0.6 is 0 Å². The second kappa shape index (κ2) is 5.58. The molecule has 0 aromatic heterocycles. The zero-order chi connectivity index (χ0) is 13.0. The van der Waals surface area contributed by atoms with E-state index in [0.29, 0.717) is 0 Å². The Morgan fingerprint density at radius 3 is 1.75 bits per heavy atom. The molecule has 0 saturated heterocycles. The van der Waals surface area contributed by atoms with Crippen LogP contribution < -0.4 is 5.73 Å². The van der Waals surface area contributed by atoms with E-state index in [1.54, 1.807) is 0 Å². The Morgan fingerprint density at radius 2 is 1.44 bits per heavy atom. The van der Waals surface area contributed by atoms with Gasteiger partial charge in [-0.25, -0.2) is 0 Å². The Hall–Kier alpha value is 0.0269. The highest BCUT2D eigenvalue weighted by Gasteiger charge is 2.55. The Labute approximate surface area is 99.7 Å². The highest BCUT2D eigenvalue weighted by molar-refractivity contribution is 6.78. The fourth-order valence-corrected chi connectivity index (χ4v) is 5.33. The van der Waals surface area contributed by atoms with Crippen LogP contribution in [0.1, 0.15) is 41.5 Å². The van der Waals surface area contributed by atoms with Crippen molar-refractivity contribution in [2.24, 2.45) is 5.73 Å². The van der Waals surface area contributed by atoms with E-state index in [1.807, 2.05) is 41.5 Å². The van der Waals surface area contributed by atoms with Gasteiger partial charge < -0.3 is 19.3 Å². The molecule has 0 aliphatic carbocycles. The van der Waals surface area contributed by atoms with Gasteiger partial charge in [-0.15, -0.1) is 0 Å². The smallest absolute Gasteiger partial charge is 0.282 e. The normalized spacial score (nSPS) is 14.2. The maximum atomic E-state index is 15.2. The zero-order valence-corrected chi connectivity index (χ0v) is 12.4. The van der Waals surface area contributed by atoms with Gasteiger partial charge in [-0.05, 0) is 10.1 Å². The average molecular weight is 251 g/mol. The van der Waals surface area contributed by atoms with Crippen LogP contribution in [0.2, 0.25) is 10.1 Å². The molecule has 0 saturated carbocycles. The van der Waals surface area contributed by atoms with Gasteiger partial charge in [0.2, 0.25) is 0 Å². The van der Waals surface area contributed by atoms with Crippen LogP contribution in [0, 0.1) is 0 Å². The van der Waals surface area contributed by atoms with E-state index in [-0.39, 0.29) is 29.8 Å². The molecular weight excluding hydrogens is 225 g/mol. The van der Waals surface area contributed by atoms with Crippen molar-refractivity contribution < 1.29 is 13.6 Å². The summed E-state index contributed by atoms with van der Waals surface area (Å²) in [7, 11) is -3.05. The Balaban J connectivity index is 4.59. The predicted molar refractivity (Wildman–Crippen MR) is 67.3 cm³/mol. The van der Waals surface area contributed by atoms with Crippen LogP contribution in [-0.2, 0) is 9.47 Å². The summed E-state index contributed by atoms with van der Waals surface area (Å²) in [5, 5.41) is -0.706. The van der Waals surface area contributed by atoms with Crippen LogP contribution in [-0.4, -0.2) is 28.2 Å². The molecule has 0 radical (unpaired) electrons. The SMILES string of the molecule is CC(C)(C)[Si](F)(COCOCN)C(C)(C)C. The first kappa shape index (κ1) is 16.0. The van der Waals surface area contributed by atoms with Gasteiger partial charge in [0, 0.05) is 0 Å². The number of hydrogen-bond donors (Lipinski definition) is 1. The molecule has 0 heterocycles. The van der Waals surface area contributed by atoms with E-state index >= 15 is 4.11 Å². The molecule has 0 fully saturated rings. The molecule has 98 valence electrons. The minimum absolute atomic E-state index is 0.0708. The van der Waals surface area contributed by atoms with Crippen LogP contribution in [0.5, 0.6) is 0 Å². The number of halogens is 1. The molecule has 5 heteroatoms. The highest BCUT2D eigenvalue weighted by Crippen LogP contribution is 2.51. The summed E-state index contributed by atoms with van der Waals surface area (Å²) < 4.78 is 25.3. The number of rotatable bonds is 5. The maximum absolute atomic E-state index is 15.2. The standard InChI is InChI=1S/C11H26FNO2Si/c1-10(2,3)16(12,11(4,5)6)9-15-8-14-7-13/h7-9,13H2,1-6H3. The first-order valence-electron chi connectivity index (χ1n) is 5.61. The van der Waals surface area contributed by atoms with Gasteiger partial charge >= 0.3 is 0 Å². The van der Waals surface area contributed by atoms with Gasteiger partial charge in [-0.1, -0.05) is 41.5 Å². The summed E-state index contributed by atoms with van der Waals surface area (Å²) in [5.41, 5.74) is 5.17. The molecule has 0 bridgehead atoms. The minimum Gasteiger partial charge on any atom is -0.356 e. The molecule has 0 rings (SSSR count). The van der Waals surface area contributed by atoms with Crippen LogP contribution in [0.4, 0.5) is 4.11 Å². The molecule has 0 atom stereocenters. The van der Waals surface area contributed by atoms with E-state index in [9.17, 15) is 0 Å². The molecule has 0 amide bonds. The monoisotopic (exact) mass is 251 g/mol. The van der Waals surface area contributed by atoms with E-state index in [1.165, 1.54) is 0 Å². The van der Waals surface area contributed by atoms with E-state index in [0.717, 1.165) is 0 Å². The van der Waals surface area contributed by atoms with Crippen LogP contribution in [0.15, 0.2) is 0 Å². The van der Waals surface area contributed by atoms with Crippen molar-refractivity contribution in [3.8, 4) is 0 Å². The van der Waals surface area contributed by atoms with Crippen LogP contribution in [0.3, 0.4) is 0 Å². The van der Waals surface area contributed by atoms with Gasteiger partial charge in [0.1, 0.15) is 6.79 Å². The van der Waals surface area contributed by atoms with Gasteiger partial charge in [-0.2, -0.15) is 0 Å². The van der Waals surface area contributed by atoms with E-state index < -0.39 is 8.41 Å². The zero-order valence-electron chi connectivity index (χ0n) is 11.4. The van der Waals surface area contributed by atoms with Crippen molar-refractivity contribution in [2.45, 2.75) is 51.6 Å². The third-order valence-electron chi connectivity index (χ3n) is 2.96. The van der Waals surface area contributed by atoms with E-state index in [2.05, 4.69) is 0 Å².